The van der Waals surface area contributed by atoms with Crippen LogP contribution in [0.3, 0.4) is 0 Å². The predicted molar refractivity (Wildman–Crippen MR) is 53.5 cm³/mol. The standard InChI is InChI=1S/C10H11N3O/c11-10-12-9(14)7-13(10)6-8-4-2-1-3-5-8/h1-5H,6-7H2,(H2,11,12,14). The molecule has 0 spiro atoms. The van der Waals surface area contributed by atoms with Crippen LogP contribution >= 0.6 is 0 Å². The van der Waals surface area contributed by atoms with Gasteiger partial charge in [-0.05, 0) is 5.56 Å². The molecule has 72 valence electrons. The Morgan fingerprint density at radius 3 is 2.64 bits per heavy atom. The summed E-state index contributed by atoms with van der Waals surface area (Å²) in [4.78, 5) is 16.4. The number of aliphatic imine (C=N–C) groups is 1. The number of carbonyl (C=O) groups excluding carboxylic acids is 1. The Morgan fingerprint density at radius 1 is 1.36 bits per heavy atom. The Kier molecular flexibility index (Phi) is 2.18. The molecule has 4 heteroatoms. The summed E-state index contributed by atoms with van der Waals surface area (Å²) in [6, 6.07) is 9.86. The van der Waals surface area contributed by atoms with Gasteiger partial charge in [-0.3, -0.25) is 4.79 Å². The summed E-state index contributed by atoms with van der Waals surface area (Å²) in [5.74, 6) is 0.150. The third kappa shape index (κ3) is 1.74. The second-order valence-corrected chi connectivity index (χ2v) is 3.21. The van der Waals surface area contributed by atoms with Crippen molar-refractivity contribution >= 4 is 11.9 Å². The van der Waals surface area contributed by atoms with Crippen molar-refractivity contribution in [2.45, 2.75) is 6.54 Å². The van der Waals surface area contributed by atoms with E-state index in [4.69, 9.17) is 5.73 Å². The molecule has 0 fully saturated rings. The first-order valence-corrected chi connectivity index (χ1v) is 4.41. The van der Waals surface area contributed by atoms with Gasteiger partial charge in [0, 0.05) is 6.54 Å². The summed E-state index contributed by atoms with van der Waals surface area (Å²) < 4.78 is 0. The molecular formula is C10H11N3O. The molecule has 0 aromatic heterocycles. The summed E-state index contributed by atoms with van der Waals surface area (Å²) in [5, 5.41) is 0. The highest BCUT2D eigenvalue weighted by Gasteiger charge is 2.20. The molecule has 2 N–H and O–H groups in total. The lowest BCUT2D eigenvalue weighted by molar-refractivity contribution is -0.117. The van der Waals surface area contributed by atoms with Crippen LogP contribution in [0.15, 0.2) is 35.3 Å². The van der Waals surface area contributed by atoms with Crippen molar-refractivity contribution < 1.29 is 4.79 Å². The number of amides is 1. The molecule has 4 nitrogen and oxygen atoms in total. The van der Waals surface area contributed by atoms with Gasteiger partial charge in [0.15, 0.2) is 5.96 Å². The van der Waals surface area contributed by atoms with E-state index in [1.807, 2.05) is 30.3 Å². The zero-order valence-corrected chi connectivity index (χ0v) is 7.68. The summed E-state index contributed by atoms with van der Waals surface area (Å²) in [7, 11) is 0. The first-order valence-electron chi connectivity index (χ1n) is 4.41. The zero-order chi connectivity index (χ0) is 9.97. The second kappa shape index (κ2) is 3.49. The molecule has 0 atom stereocenters. The lowest BCUT2D eigenvalue weighted by Crippen LogP contribution is -2.33. The number of guanidine groups is 1. The molecule has 1 heterocycles. The van der Waals surface area contributed by atoms with E-state index < -0.39 is 0 Å². The van der Waals surface area contributed by atoms with Crippen LogP contribution in [0.25, 0.3) is 0 Å². The summed E-state index contributed by atoms with van der Waals surface area (Å²) in [6.07, 6.45) is 0. The Bertz CT molecular complexity index is 372. The van der Waals surface area contributed by atoms with E-state index in [-0.39, 0.29) is 5.91 Å². The van der Waals surface area contributed by atoms with E-state index in [9.17, 15) is 4.79 Å². The Morgan fingerprint density at radius 2 is 2.07 bits per heavy atom. The fourth-order valence-electron chi connectivity index (χ4n) is 1.42. The largest absolute Gasteiger partial charge is 0.369 e. The second-order valence-electron chi connectivity index (χ2n) is 3.21. The van der Waals surface area contributed by atoms with Gasteiger partial charge >= 0.3 is 0 Å². The van der Waals surface area contributed by atoms with E-state index in [0.717, 1.165) is 5.56 Å². The molecule has 1 aromatic carbocycles. The van der Waals surface area contributed by atoms with Gasteiger partial charge in [0.05, 0.1) is 0 Å². The minimum atomic E-state index is -0.168. The Hall–Kier alpha value is -1.84. The molecule has 0 unspecified atom stereocenters. The van der Waals surface area contributed by atoms with Crippen molar-refractivity contribution in [3.63, 3.8) is 0 Å². The number of benzene rings is 1. The van der Waals surface area contributed by atoms with Gasteiger partial charge in [0.1, 0.15) is 6.54 Å². The van der Waals surface area contributed by atoms with Crippen LogP contribution in [0.4, 0.5) is 0 Å². The van der Waals surface area contributed by atoms with Gasteiger partial charge in [-0.15, -0.1) is 0 Å². The summed E-state index contributed by atoms with van der Waals surface area (Å²) in [5.41, 5.74) is 6.70. The third-order valence-electron chi connectivity index (χ3n) is 2.11. The number of hydrogen-bond acceptors (Lipinski definition) is 3. The smallest absolute Gasteiger partial charge is 0.268 e. The van der Waals surface area contributed by atoms with Gasteiger partial charge in [0.25, 0.3) is 5.91 Å². The maximum Gasteiger partial charge on any atom is 0.268 e. The number of rotatable bonds is 2. The van der Waals surface area contributed by atoms with Crippen LogP contribution < -0.4 is 5.73 Å². The van der Waals surface area contributed by atoms with Crippen LogP contribution in [0, 0.1) is 0 Å². The monoisotopic (exact) mass is 189 g/mol. The zero-order valence-electron chi connectivity index (χ0n) is 7.68. The van der Waals surface area contributed by atoms with Gasteiger partial charge < -0.3 is 10.6 Å². The maximum absolute atomic E-state index is 10.9. The van der Waals surface area contributed by atoms with Gasteiger partial charge in [-0.1, -0.05) is 30.3 Å². The predicted octanol–water partition coefficient (Wildman–Crippen LogP) is 0.343. The first-order chi connectivity index (χ1) is 6.75. The number of hydrogen-bond donors (Lipinski definition) is 1. The van der Waals surface area contributed by atoms with Crippen LogP contribution in [-0.4, -0.2) is 23.3 Å². The molecule has 0 aliphatic carbocycles. The Labute approximate surface area is 82.0 Å². The third-order valence-corrected chi connectivity index (χ3v) is 2.11. The van der Waals surface area contributed by atoms with Crippen molar-refractivity contribution in [2.75, 3.05) is 6.54 Å². The molecule has 0 radical (unpaired) electrons. The van der Waals surface area contributed by atoms with E-state index in [2.05, 4.69) is 4.99 Å². The maximum atomic E-state index is 10.9. The summed E-state index contributed by atoms with van der Waals surface area (Å²) >= 11 is 0. The fraction of sp³-hybridized carbons (Fsp3) is 0.200. The molecule has 0 saturated carbocycles. The average Bonchev–Trinajstić information content (AvgIpc) is 2.47. The van der Waals surface area contributed by atoms with Gasteiger partial charge in [0.2, 0.25) is 0 Å². The van der Waals surface area contributed by atoms with E-state index >= 15 is 0 Å². The number of carbonyl (C=O) groups is 1. The SMILES string of the molecule is NC1=NC(=O)CN1Cc1ccccc1. The topological polar surface area (TPSA) is 58.7 Å². The first kappa shape index (κ1) is 8.74. The molecule has 1 amide bonds. The molecule has 0 bridgehead atoms. The fourth-order valence-corrected chi connectivity index (χ4v) is 1.42. The van der Waals surface area contributed by atoms with E-state index in [0.29, 0.717) is 19.0 Å². The average molecular weight is 189 g/mol. The minimum Gasteiger partial charge on any atom is -0.369 e. The Balaban J connectivity index is 2.07. The molecule has 0 saturated heterocycles. The van der Waals surface area contributed by atoms with Crippen molar-refractivity contribution in [3.05, 3.63) is 35.9 Å². The highest BCUT2D eigenvalue weighted by atomic mass is 16.2. The number of nitrogens with zero attached hydrogens (tertiary/aromatic N) is 2. The molecule has 14 heavy (non-hydrogen) atoms. The van der Waals surface area contributed by atoms with Crippen LogP contribution in [0.5, 0.6) is 0 Å². The quantitative estimate of drug-likeness (QED) is 0.730. The molecular weight excluding hydrogens is 178 g/mol. The van der Waals surface area contributed by atoms with Crippen molar-refractivity contribution in [1.82, 2.24) is 4.90 Å². The van der Waals surface area contributed by atoms with Crippen molar-refractivity contribution in [1.29, 1.82) is 0 Å². The number of nitrogens with two attached hydrogens (primary N) is 1. The van der Waals surface area contributed by atoms with Crippen LogP contribution in [-0.2, 0) is 11.3 Å². The molecule has 1 aromatic rings. The lowest BCUT2D eigenvalue weighted by atomic mass is 10.2. The highest BCUT2D eigenvalue weighted by molar-refractivity contribution is 5.99. The van der Waals surface area contributed by atoms with Gasteiger partial charge in [-0.2, -0.15) is 4.99 Å². The van der Waals surface area contributed by atoms with Crippen LogP contribution in [0.1, 0.15) is 5.56 Å². The molecule has 1 aliphatic heterocycles. The van der Waals surface area contributed by atoms with Crippen LogP contribution in [0.2, 0.25) is 0 Å². The minimum absolute atomic E-state index is 0.168. The van der Waals surface area contributed by atoms with E-state index in [1.165, 1.54) is 0 Å². The van der Waals surface area contributed by atoms with Crippen molar-refractivity contribution in [3.8, 4) is 0 Å². The highest BCUT2D eigenvalue weighted by Crippen LogP contribution is 2.07. The van der Waals surface area contributed by atoms with Gasteiger partial charge in [-0.25, -0.2) is 0 Å². The van der Waals surface area contributed by atoms with E-state index in [1.54, 1.807) is 4.90 Å². The molecule has 2 rings (SSSR count). The lowest BCUT2D eigenvalue weighted by Gasteiger charge is -2.15. The van der Waals surface area contributed by atoms with Crippen molar-refractivity contribution in [2.24, 2.45) is 10.7 Å². The molecule has 1 aliphatic rings. The normalized spacial score (nSPS) is 15.9. The summed E-state index contributed by atoms with van der Waals surface area (Å²) in [6.45, 7) is 0.933.